The van der Waals surface area contributed by atoms with Crippen LogP contribution in [-0.4, -0.2) is 42.1 Å². The molecule has 0 unspecified atom stereocenters. The normalized spacial score (nSPS) is 11.4. The Morgan fingerprint density at radius 2 is 0.579 bits per heavy atom. The monoisotopic (exact) mass is 1230 g/mol. The average molecular weight is 1230 g/mol. The van der Waals surface area contributed by atoms with Gasteiger partial charge in [-0.3, -0.25) is 0 Å². The molecule has 15 rings (SSSR count). The summed E-state index contributed by atoms with van der Waals surface area (Å²) in [6.45, 7) is 0. The van der Waals surface area contributed by atoms with Crippen LogP contribution in [0.5, 0.6) is 0 Å². The third-order valence-electron chi connectivity index (χ3n) is 16.9. The molecule has 0 amide bonds. The van der Waals surface area contributed by atoms with E-state index in [0.717, 1.165) is 107 Å². The van der Waals surface area contributed by atoms with Crippen LogP contribution in [0.1, 0.15) is 54.6 Å². The maximum Gasteiger partial charge on any atom is 0.336 e. The first-order valence-electron chi connectivity index (χ1n) is 31.1. The van der Waals surface area contributed by atoms with E-state index in [2.05, 4.69) is 231 Å². The summed E-state index contributed by atoms with van der Waals surface area (Å²) in [5.41, 5.74) is 20.1. The summed E-state index contributed by atoms with van der Waals surface area (Å²) in [7, 11) is 0. The number of rotatable bonds is 14. The quantitative estimate of drug-likeness (QED) is 0.0783. The highest BCUT2D eigenvalue weighted by molar-refractivity contribution is 6.03. The van der Waals surface area contributed by atoms with E-state index < -0.39 is 11.9 Å². The zero-order valence-electron chi connectivity index (χ0n) is 51.0. The van der Waals surface area contributed by atoms with Crippen LogP contribution in [0, 0.1) is 11.8 Å². The van der Waals surface area contributed by atoms with Crippen molar-refractivity contribution in [3.63, 3.8) is 0 Å². The van der Waals surface area contributed by atoms with Gasteiger partial charge in [-0.05, 0) is 193 Å². The molecule has 2 aliphatic rings. The van der Waals surface area contributed by atoms with E-state index in [1.54, 1.807) is 0 Å². The van der Waals surface area contributed by atoms with Crippen molar-refractivity contribution in [2.75, 3.05) is 14.7 Å². The highest BCUT2D eigenvalue weighted by atomic mass is 16.4. The van der Waals surface area contributed by atoms with Crippen molar-refractivity contribution in [2.45, 2.75) is 0 Å². The molecule has 0 fully saturated rings. The predicted molar refractivity (Wildman–Crippen MR) is 386 cm³/mol. The number of anilines is 9. The van der Waals surface area contributed by atoms with Crippen molar-refractivity contribution >= 4 is 109 Å². The molecule has 0 spiro atoms. The summed E-state index contributed by atoms with van der Waals surface area (Å²) in [6.07, 6.45) is 8.11. The lowest BCUT2D eigenvalue weighted by molar-refractivity contribution is 0.0651. The van der Waals surface area contributed by atoms with Crippen molar-refractivity contribution in [2.24, 2.45) is 0 Å². The van der Waals surface area contributed by atoms with Crippen LogP contribution in [0.15, 0.2) is 297 Å². The number of aromatic amines is 2. The minimum absolute atomic E-state index is 0.309. The fraction of sp³-hybridized carbons (Fsp3) is 0. The van der Waals surface area contributed by atoms with Crippen LogP contribution in [-0.2, 0) is 0 Å². The fourth-order valence-electron chi connectivity index (χ4n) is 12.5. The van der Waals surface area contributed by atoms with Crippen molar-refractivity contribution in [1.29, 1.82) is 0 Å². The number of nitrogens with one attached hydrogen (secondary N) is 2. The minimum Gasteiger partial charge on any atom is -0.478 e. The number of nitrogens with zero attached hydrogens (tertiary/aromatic N) is 5. The van der Waals surface area contributed by atoms with Crippen LogP contribution >= 0.6 is 0 Å². The third-order valence-corrected chi connectivity index (χ3v) is 16.9. The number of hydrogen-bond acceptors (Lipinski definition) is 7. The van der Waals surface area contributed by atoms with E-state index in [0.29, 0.717) is 33.7 Å². The summed E-state index contributed by atoms with van der Waals surface area (Å²) < 4.78 is 0. The lowest BCUT2D eigenvalue weighted by Crippen LogP contribution is -2.09. The van der Waals surface area contributed by atoms with Crippen LogP contribution in [0.3, 0.4) is 0 Å². The molecule has 11 heteroatoms. The van der Waals surface area contributed by atoms with Crippen molar-refractivity contribution < 1.29 is 19.8 Å². The maximum atomic E-state index is 12.5. The highest BCUT2D eigenvalue weighted by Gasteiger charge is 2.23. The lowest BCUT2D eigenvalue weighted by atomic mass is 10.0. The first kappa shape index (κ1) is 58.1. The number of fused-ring (bicyclic) bond motifs is 8. The fourth-order valence-corrected chi connectivity index (χ4v) is 12.5. The second-order valence-electron chi connectivity index (χ2n) is 22.8. The number of hydrogen-bond donors (Lipinski definition) is 4. The molecule has 3 aromatic heterocycles. The van der Waals surface area contributed by atoms with Gasteiger partial charge in [0.2, 0.25) is 0 Å². The van der Waals surface area contributed by atoms with Gasteiger partial charge in [0, 0.05) is 90.0 Å². The Kier molecular flexibility index (Phi) is 15.6. The zero-order chi connectivity index (χ0) is 64.2. The van der Waals surface area contributed by atoms with Gasteiger partial charge in [-0.1, -0.05) is 157 Å². The Hall–Kier alpha value is -13.3. The second-order valence-corrected chi connectivity index (χ2v) is 22.8. The van der Waals surface area contributed by atoms with E-state index in [1.165, 1.54) is 18.2 Å². The minimum atomic E-state index is -1.37. The van der Waals surface area contributed by atoms with Gasteiger partial charge < -0.3 is 34.9 Å². The Bertz CT molecular complexity index is 5090. The lowest BCUT2D eigenvalue weighted by Gasteiger charge is -2.25. The molecule has 0 saturated heterocycles. The molecule has 452 valence electrons. The number of benzene rings is 10. The number of para-hydroxylation sites is 6. The standard InChI is InChI=1S/C84H57N7O4/c92-83(93)69-45-31-56(55-71(69)84(94)95)32-46-70-72-47-49-74(85-72)80(57-33-39-66(40-34-57)89(60-19-7-1-8-20-60)61-21-9-2-10-22-61)76-51-53-78(87-76)82(59-37-43-68(44-38-59)91(64-27-15-5-16-28-64)65-29-17-6-18-30-65)79-54-52-77(88-79)81(75-50-48-73(70)86-75)58-35-41-67(42-36-58)90(62-23-11-3-12-24-62)63-25-13-4-14-26-63/h1-31,33-45,47-55,85,88H,(H,92,93)(H,94,95). The van der Waals surface area contributed by atoms with Gasteiger partial charge in [0.25, 0.3) is 0 Å². The summed E-state index contributed by atoms with van der Waals surface area (Å²) >= 11 is 0. The van der Waals surface area contributed by atoms with E-state index in [1.807, 2.05) is 109 Å². The Morgan fingerprint density at radius 3 is 0.905 bits per heavy atom. The molecular formula is C84H57N7O4. The second kappa shape index (κ2) is 25.5. The Balaban J connectivity index is 0.978. The Labute approximate surface area is 548 Å². The number of aromatic nitrogens is 4. The van der Waals surface area contributed by atoms with E-state index >= 15 is 0 Å². The zero-order valence-corrected chi connectivity index (χ0v) is 51.0. The van der Waals surface area contributed by atoms with Gasteiger partial charge in [-0.2, -0.15) is 0 Å². The van der Waals surface area contributed by atoms with E-state index in [-0.39, 0.29) is 11.1 Å². The van der Waals surface area contributed by atoms with E-state index in [4.69, 9.17) is 9.97 Å². The summed E-state index contributed by atoms with van der Waals surface area (Å²) in [5, 5.41) is 20.1. The van der Waals surface area contributed by atoms with E-state index in [9.17, 15) is 19.8 Å². The van der Waals surface area contributed by atoms with Crippen molar-refractivity contribution in [3.05, 3.63) is 342 Å². The van der Waals surface area contributed by atoms with Crippen molar-refractivity contribution in [3.8, 4) is 45.2 Å². The van der Waals surface area contributed by atoms with Crippen molar-refractivity contribution in [1.82, 2.24) is 19.9 Å². The molecule has 8 bridgehead atoms. The van der Waals surface area contributed by atoms with Gasteiger partial charge in [-0.25, -0.2) is 19.6 Å². The molecule has 0 aliphatic carbocycles. The Morgan fingerprint density at radius 1 is 0.295 bits per heavy atom. The largest absolute Gasteiger partial charge is 0.478 e. The molecular weight excluding hydrogens is 1170 g/mol. The number of carboxylic acids is 2. The van der Waals surface area contributed by atoms with Gasteiger partial charge >= 0.3 is 11.9 Å². The summed E-state index contributed by atoms with van der Waals surface area (Å²) in [4.78, 5) is 50.2. The maximum absolute atomic E-state index is 12.5. The SMILES string of the molecule is O=C(O)c1ccc(C#Cc2c3nc(c(-c4ccc(N(c5ccccc5)c5ccccc5)cc4)c4ccc([nH]4)c(-c4ccc(N(c5ccccc5)c5ccccc5)cc4)c4nc(c(-c5ccc(N(c6ccccc6)c6ccccc6)cc5)c5ccc2[nH]5)C=C4)C=C3)cc1C(=O)O. The molecule has 10 aromatic carbocycles. The van der Waals surface area contributed by atoms with Crippen LogP contribution < -0.4 is 14.7 Å². The summed E-state index contributed by atoms with van der Waals surface area (Å²) in [5.74, 6) is 3.86. The van der Waals surface area contributed by atoms with Gasteiger partial charge in [-0.15, -0.1) is 0 Å². The third kappa shape index (κ3) is 11.7. The van der Waals surface area contributed by atoms with Gasteiger partial charge in [0.1, 0.15) is 0 Å². The van der Waals surface area contributed by atoms with Gasteiger partial charge in [0.05, 0.1) is 45.0 Å². The molecule has 4 N–H and O–H groups in total. The average Bonchev–Trinajstić information content (AvgIpc) is 1.68. The number of carbonyl (C=O) groups is 2. The number of aromatic carboxylic acids is 2. The first-order chi connectivity index (χ1) is 46.8. The first-order valence-corrected chi connectivity index (χ1v) is 31.1. The molecule has 11 nitrogen and oxygen atoms in total. The highest BCUT2D eigenvalue weighted by Crippen LogP contribution is 2.43. The predicted octanol–water partition coefficient (Wildman–Crippen LogP) is 20.9. The smallest absolute Gasteiger partial charge is 0.336 e. The molecule has 2 aliphatic heterocycles. The molecule has 13 aromatic rings. The van der Waals surface area contributed by atoms with Crippen LogP contribution in [0.25, 0.3) is 79.8 Å². The van der Waals surface area contributed by atoms with Gasteiger partial charge in [0.15, 0.2) is 0 Å². The number of H-pyrrole nitrogens is 2. The molecule has 0 atom stereocenters. The summed E-state index contributed by atoms with van der Waals surface area (Å²) in [6, 6.07) is 100. The number of carboxylic acid groups (broad SMARTS) is 2. The topological polar surface area (TPSA) is 142 Å². The van der Waals surface area contributed by atoms with Crippen LogP contribution in [0.4, 0.5) is 51.2 Å². The molecule has 5 heterocycles. The molecule has 0 radical (unpaired) electrons. The molecule has 0 saturated carbocycles. The molecule has 95 heavy (non-hydrogen) atoms. The van der Waals surface area contributed by atoms with Crippen LogP contribution in [0.2, 0.25) is 0 Å².